The molecule has 0 aliphatic carbocycles. The van der Waals surface area contributed by atoms with Crippen LogP contribution in [0.2, 0.25) is 0 Å². The number of ether oxygens (including phenoxy) is 3. The molecule has 0 saturated carbocycles. The summed E-state index contributed by atoms with van der Waals surface area (Å²) in [5, 5.41) is 7.26. The van der Waals surface area contributed by atoms with Gasteiger partial charge in [-0.2, -0.15) is 0 Å². The van der Waals surface area contributed by atoms with Gasteiger partial charge in [0.2, 0.25) is 0 Å². The summed E-state index contributed by atoms with van der Waals surface area (Å²) in [4.78, 5) is 13.5. The fourth-order valence-electron chi connectivity index (χ4n) is 3.23. The highest BCUT2D eigenvalue weighted by Crippen LogP contribution is 2.35. The molecule has 1 N–H and O–H groups in total. The smallest absolute Gasteiger partial charge is 0.163 e. The summed E-state index contributed by atoms with van der Waals surface area (Å²) in [6.45, 7) is 5.50. The summed E-state index contributed by atoms with van der Waals surface area (Å²) in [5.41, 5.74) is 3.64. The zero-order chi connectivity index (χ0) is 21.6. The van der Waals surface area contributed by atoms with E-state index in [-0.39, 0.29) is 0 Å². The molecule has 0 aliphatic heterocycles. The minimum Gasteiger partial charge on any atom is -0.490 e. The maximum atomic E-state index is 5.78. The van der Waals surface area contributed by atoms with Crippen LogP contribution in [0.1, 0.15) is 18.9 Å². The number of nitrogens with zero attached hydrogens (tertiary/aromatic N) is 3. The molecule has 0 fully saturated rings. The number of nitrogens with one attached hydrogen (secondary N) is 1. The van der Waals surface area contributed by atoms with Crippen molar-refractivity contribution in [2.24, 2.45) is 0 Å². The van der Waals surface area contributed by atoms with Crippen LogP contribution < -0.4 is 14.8 Å². The number of benzene rings is 2. The van der Waals surface area contributed by atoms with Crippen molar-refractivity contribution >= 4 is 33.7 Å². The van der Waals surface area contributed by atoms with Crippen LogP contribution in [0.5, 0.6) is 11.5 Å². The second-order valence-corrected chi connectivity index (χ2v) is 7.61. The average molecular weight is 437 g/mol. The molecule has 8 heteroatoms. The minimum absolute atomic E-state index is 0.515. The van der Waals surface area contributed by atoms with Crippen LogP contribution in [0.3, 0.4) is 0 Å². The summed E-state index contributed by atoms with van der Waals surface area (Å²) in [5.74, 6) is 2.06. The van der Waals surface area contributed by atoms with E-state index in [1.807, 2.05) is 49.6 Å². The van der Waals surface area contributed by atoms with Crippen LogP contribution >= 0.6 is 11.3 Å². The maximum Gasteiger partial charge on any atom is 0.163 e. The fourth-order valence-corrected chi connectivity index (χ4v) is 4.00. The third kappa shape index (κ3) is 4.76. The topological polar surface area (TPSA) is 78.4 Å². The Hall–Kier alpha value is -3.23. The monoisotopic (exact) mass is 436 g/mol. The number of fused-ring (bicyclic) bond motifs is 1. The Labute approximate surface area is 185 Å². The van der Waals surface area contributed by atoms with Gasteiger partial charge >= 0.3 is 0 Å². The zero-order valence-electron chi connectivity index (χ0n) is 17.7. The van der Waals surface area contributed by atoms with E-state index in [9.17, 15) is 0 Å². The molecule has 2 aromatic carbocycles. The number of thiazole rings is 1. The van der Waals surface area contributed by atoms with Crippen LogP contribution in [0.4, 0.5) is 11.5 Å². The number of methoxy groups -OCH3 is 1. The first kappa shape index (κ1) is 21.0. The van der Waals surface area contributed by atoms with E-state index in [4.69, 9.17) is 14.2 Å². The zero-order valence-corrected chi connectivity index (χ0v) is 18.5. The molecule has 0 aliphatic rings. The summed E-state index contributed by atoms with van der Waals surface area (Å²) in [6.07, 6.45) is 1.54. The molecule has 0 unspecified atom stereocenters. The lowest BCUT2D eigenvalue weighted by Gasteiger charge is -2.14. The van der Waals surface area contributed by atoms with Gasteiger partial charge in [-0.15, -0.1) is 11.3 Å². The van der Waals surface area contributed by atoms with Crippen molar-refractivity contribution in [3.05, 3.63) is 53.1 Å². The van der Waals surface area contributed by atoms with Gasteiger partial charge in [-0.3, -0.25) is 0 Å². The van der Waals surface area contributed by atoms with Crippen molar-refractivity contribution in [2.45, 2.75) is 20.5 Å². The van der Waals surface area contributed by atoms with Crippen LogP contribution in [-0.2, 0) is 11.3 Å². The molecule has 4 aromatic rings. The Morgan fingerprint density at radius 1 is 1.00 bits per heavy atom. The van der Waals surface area contributed by atoms with E-state index in [1.165, 1.54) is 0 Å². The predicted molar refractivity (Wildman–Crippen MR) is 123 cm³/mol. The van der Waals surface area contributed by atoms with Gasteiger partial charge in [-0.1, -0.05) is 12.1 Å². The van der Waals surface area contributed by atoms with Gasteiger partial charge in [-0.05, 0) is 32.0 Å². The molecule has 2 heterocycles. The number of rotatable bonds is 9. The van der Waals surface area contributed by atoms with E-state index in [0.29, 0.717) is 37.1 Å². The van der Waals surface area contributed by atoms with Gasteiger partial charge in [-0.25, -0.2) is 15.0 Å². The van der Waals surface area contributed by atoms with Crippen molar-refractivity contribution in [3.8, 4) is 22.8 Å². The van der Waals surface area contributed by atoms with Crippen molar-refractivity contribution in [1.29, 1.82) is 0 Å². The molecular formula is C23H24N4O3S. The number of anilines is 2. The molecule has 0 amide bonds. The second kappa shape index (κ2) is 9.72. The Bertz CT molecular complexity index is 1180. The minimum atomic E-state index is 0.515. The second-order valence-electron chi connectivity index (χ2n) is 6.67. The van der Waals surface area contributed by atoms with Crippen LogP contribution in [0, 0.1) is 0 Å². The van der Waals surface area contributed by atoms with Gasteiger partial charge in [0.1, 0.15) is 17.2 Å². The lowest BCUT2D eigenvalue weighted by atomic mass is 10.1. The molecular weight excluding hydrogens is 412 g/mol. The molecule has 7 nitrogen and oxygen atoms in total. The standard InChI is InChI=1S/C23H24N4O3S/c1-4-29-20-10-17-18(11-21(20)30-5-2)24-14-25-23(17)26-16-8-6-7-15(9-16)19-13-31-22(27-19)12-28-3/h6-11,13-14H,4-5,12H2,1-3H3,(H,24,25,26). The van der Waals surface area contributed by atoms with Crippen LogP contribution in [-0.4, -0.2) is 35.3 Å². The van der Waals surface area contributed by atoms with E-state index < -0.39 is 0 Å². The van der Waals surface area contributed by atoms with E-state index in [0.717, 1.165) is 32.9 Å². The highest BCUT2D eigenvalue weighted by atomic mass is 32.1. The highest BCUT2D eigenvalue weighted by molar-refractivity contribution is 7.09. The first-order valence-electron chi connectivity index (χ1n) is 10.1. The first-order chi connectivity index (χ1) is 15.2. The lowest BCUT2D eigenvalue weighted by Crippen LogP contribution is -2.01. The van der Waals surface area contributed by atoms with Gasteiger partial charge in [0.15, 0.2) is 11.5 Å². The van der Waals surface area contributed by atoms with E-state index >= 15 is 0 Å². The molecule has 4 rings (SSSR count). The van der Waals surface area contributed by atoms with Gasteiger partial charge in [0, 0.05) is 35.2 Å². The van der Waals surface area contributed by atoms with Crippen molar-refractivity contribution < 1.29 is 14.2 Å². The molecule has 160 valence electrons. The van der Waals surface area contributed by atoms with Crippen LogP contribution in [0.25, 0.3) is 22.2 Å². The van der Waals surface area contributed by atoms with Gasteiger partial charge in [0.25, 0.3) is 0 Å². The highest BCUT2D eigenvalue weighted by Gasteiger charge is 2.13. The van der Waals surface area contributed by atoms with Crippen molar-refractivity contribution in [1.82, 2.24) is 15.0 Å². The van der Waals surface area contributed by atoms with Crippen LogP contribution in [0.15, 0.2) is 48.1 Å². The SMILES string of the molecule is CCOc1cc2ncnc(Nc3cccc(-c4csc(COC)n4)c3)c2cc1OCC. The summed E-state index contributed by atoms with van der Waals surface area (Å²) >= 11 is 1.59. The third-order valence-corrected chi connectivity index (χ3v) is 5.36. The molecule has 0 atom stereocenters. The summed E-state index contributed by atoms with van der Waals surface area (Å²) in [7, 11) is 1.67. The summed E-state index contributed by atoms with van der Waals surface area (Å²) < 4.78 is 16.7. The quantitative estimate of drug-likeness (QED) is 0.374. The van der Waals surface area contributed by atoms with Crippen molar-refractivity contribution in [2.75, 3.05) is 25.6 Å². The lowest BCUT2D eigenvalue weighted by molar-refractivity contribution is 0.184. The normalized spacial score (nSPS) is 10.9. The van der Waals surface area contributed by atoms with Gasteiger partial charge in [0.05, 0.1) is 31.0 Å². The Morgan fingerprint density at radius 3 is 2.58 bits per heavy atom. The molecule has 0 radical (unpaired) electrons. The number of hydrogen-bond acceptors (Lipinski definition) is 8. The molecule has 0 spiro atoms. The molecule has 0 bridgehead atoms. The van der Waals surface area contributed by atoms with E-state index in [2.05, 4.69) is 26.3 Å². The third-order valence-electron chi connectivity index (χ3n) is 4.54. The average Bonchev–Trinajstić information content (AvgIpc) is 3.24. The largest absolute Gasteiger partial charge is 0.490 e. The molecule has 31 heavy (non-hydrogen) atoms. The first-order valence-corrected chi connectivity index (χ1v) is 10.9. The number of aromatic nitrogens is 3. The Morgan fingerprint density at radius 2 is 1.81 bits per heavy atom. The summed E-state index contributed by atoms with van der Waals surface area (Å²) in [6, 6.07) is 11.9. The molecule has 0 saturated heterocycles. The Kier molecular flexibility index (Phi) is 6.59. The predicted octanol–water partition coefficient (Wildman–Crippen LogP) is 5.44. The Balaban J connectivity index is 1.67. The van der Waals surface area contributed by atoms with E-state index in [1.54, 1.807) is 24.8 Å². The number of hydrogen-bond donors (Lipinski definition) is 1. The van der Waals surface area contributed by atoms with Gasteiger partial charge < -0.3 is 19.5 Å². The maximum absolute atomic E-state index is 5.78. The fraction of sp³-hybridized carbons (Fsp3) is 0.261. The molecule has 2 aromatic heterocycles. The van der Waals surface area contributed by atoms with Crippen molar-refractivity contribution in [3.63, 3.8) is 0 Å².